The second kappa shape index (κ2) is 13.0. The van der Waals surface area contributed by atoms with Crippen LogP contribution < -0.4 is 20.3 Å². The molecule has 1 aliphatic heterocycles. The number of carbonyl (C=O) groups excluding carboxylic acids is 3. The minimum absolute atomic E-state index is 0.0739. The summed E-state index contributed by atoms with van der Waals surface area (Å²) in [4.78, 5) is 56.9. The molecular weight excluding hydrogens is 523 g/mol. The van der Waals surface area contributed by atoms with Gasteiger partial charge in [0.25, 0.3) is 17.4 Å². The van der Waals surface area contributed by atoms with E-state index in [1.165, 1.54) is 13.0 Å². The number of methoxy groups -OCH3 is 1. The minimum Gasteiger partial charge on any atom is -0.497 e. The summed E-state index contributed by atoms with van der Waals surface area (Å²) < 4.78 is 30.3. The number of rotatable bonds is 10. The number of hydrogen-bond donors (Lipinski definition) is 2. The van der Waals surface area contributed by atoms with Gasteiger partial charge in [0.05, 0.1) is 19.2 Å². The highest BCUT2D eigenvalue weighted by atomic mass is 19.1. The van der Waals surface area contributed by atoms with Crippen LogP contribution in [0.5, 0.6) is 11.5 Å². The molecule has 1 aromatic heterocycles. The predicted octanol–water partition coefficient (Wildman–Crippen LogP) is 2.57. The van der Waals surface area contributed by atoms with Crippen LogP contribution in [0.2, 0.25) is 0 Å². The molecule has 2 amide bonds. The third-order valence-electron chi connectivity index (χ3n) is 6.72. The number of nitrogens with one attached hydrogen (secondary N) is 2. The zero-order valence-corrected chi connectivity index (χ0v) is 22.3. The molecule has 2 N–H and O–H groups in total. The molecule has 212 valence electrons. The molecule has 12 heteroatoms. The number of hydrogen-bond acceptors (Lipinski definition) is 8. The van der Waals surface area contributed by atoms with Gasteiger partial charge in [-0.15, -0.1) is 0 Å². The molecule has 1 aliphatic rings. The lowest BCUT2D eigenvalue weighted by molar-refractivity contribution is -0.150. The Labute approximate surface area is 229 Å². The number of aromatic nitrogens is 2. The number of fused-ring (bicyclic) bond motifs is 1. The van der Waals surface area contributed by atoms with Crippen LogP contribution in [0.4, 0.5) is 4.39 Å². The monoisotopic (exact) mass is 554 g/mol. The van der Waals surface area contributed by atoms with Crippen LogP contribution >= 0.6 is 0 Å². The molecular formula is C28H31FN4O7. The summed E-state index contributed by atoms with van der Waals surface area (Å²) in [7, 11) is 1.55. The van der Waals surface area contributed by atoms with E-state index in [0.717, 1.165) is 24.5 Å². The Kier molecular flexibility index (Phi) is 9.31. The van der Waals surface area contributed by atoms with E-state index in [2.05, 4.69) is 15.3 Å². The highest BCUT2D eigenvalue weighted by Gasteiger charge is 2.24. The summed E-state index contributed by atoms with van der Waals surface area (Å²) in [5.41, 5.74) is 0.241. The van der Waals surface area contributed by atoms with Crippen molar-refractivity contribution in [3.63, 3.8) is 0 Å². The van der Waals surface area contributed by atoms with Crippen LogP contribution in [0.1, 0.15) is 42.4 Å². The maximum Gasteiger partial charge on any atom is 0.303 e. The van der Waals surface area contributed by atoms with Crippen molar-refractivity contribution in [2.24, 2.45) is 5.92 Å². The van der Waals surface area contributed by atoms with Gasteiger partial charge in [0.2, 0.25) is 0 Å². The summed E-state index contributed by atoms with van der Waals surface area (Å²) in [6.45, 7) is 2.39. The maximum atomic E-state index is 14.7. The Morgan fingerprint density at radius 1 is 1.18 bits per heavy atom. The second-order valence-electron chi connectivity index (χ2n) is 9.46. The molecule has 4 rings (SSSR count). The van der Waals surface area contributed by atoms with Gasteiger partial charge in [-0.05, 0) is 55.0 Å². The van der Waals surface area contributed by atoms with Gasteiger partial charge in [-0.3, -0.25) is 19.2 Å². The van der Waals surface area contributed by atoms with Crippen molar-refractivity contribution in [1.29, 1.82) is 0 Å². The molecule has 3 aromatic rings. The van der Waals surface area contributed by atoms with E-state index in [4.69, 9.17) is 14.2 Å². The first kappa shape index (κ1) is 28.5. The van der Waals surface area contributed by atoms with Gasteiger partial charge >= 0.3 is 5.97 Å². The molecule has 2 heterocycles. The van der Waals surface area contributed by atoms with Gasteiger partial charge in [-0.1, -0.05) is 12.1 Å². The average Bonchev–Trinajstić information content (AvgIpc) is 2.96. The predicted molar refractivity (Wildman–Crippen MR) is 143 cm³/mol. The fourth-order valence-corrected chi connectivity index (χ4v) is 4.53. The summed E-state index contributed by atoms with van der Waals surface area (Å²) in [6.07, 6.45) is 2.05. The third kappa shape index (κ3) is 7.13. The van der Waals surface area contributed by atoms with Gasteiger partial charge in [-0.2, -0.15) is 0 Å². The smallest absolute Gasteiger partial charge is 0.303 e. The normalized spacial score (nSPS) is 13.6. The number of nitrogens with zero attached hydrogens (tertiary/aromatic N) is 2. The van der Waals surface area contributed by atoms with Crippen LogP contribution in [0, 0.1) is 11.7 Å². The average molecular weight is 555 g/mol. The fraction of sp³-hybridized carbons (Fsp3) is 0.393. The zero-order valence-electron chi connectivity index (χ0n) is 22.3. The van der Waals surface area contributed by atoms with Crippen molar-refractivity contribution in [1.82, 2.24) is 20.2 Å². The van der Waals surface area contributed by atoms with Crippen molar-refractivity contribution in [2.75, 3.05) is 33.4 Å². The molecule has 0 bridgehead atoms. The lowest BCUT2D eigenvalue weighted by Crippen LogP contribution is -2.40. The second-order valence-corrected chi connectivity index (χ2v) is 9.46. The Bertz CT molecular complexity index is 1450. The van der Waals surface area contributed by atoms with E-state index in [-0.39, 0.29) is 54.1 Å². The zero-order chi connectivity index (χ0) is 28.6. The number of halogens is 1. The number of esters is 1. The number of amides is 2. The Morgan fingerprint density at radius 3 is 2.67 bits per heavy atom. The number of likely N-dealkylation sites (tertiary alicyclic amines) is 1. The summed E-state index contributed by atoms with van der Waals surface area (Å²) in [5.74, 6) is -1.56. The number of aromatic amines is 1. The standard InChI is InChI=1S/C28H31FN4O7/c1-17(34)40-16-23(35)33-11-8-18(9-12-33)10-13-39-25-21(29)6-7-22-24(25)27(36)32-26(31-22)28(37)30-15-19-4-3-5-20(14-19)38-2/h3-7,14,18H,8-13,15-16H2,1-2H3,(H,30,37)(H,31,32,36). The van der Waals surface area contributed by atoms with Crippen LogP contribution in [-0.4, -0.2) is 66.1 Å². The molecule has 11 nitrogen and oxygen atoms in total. The van der Waals surface area contributed by atoms with E-state index in [1.807, 2.05) is 6.07 Å². The van der Waals surface area contributed by atoms with Crippen molar-refractivity contribution in [3.8, 4) is 11.5 Å². The van der Waals surface area contributed by atoms with Gasteiger partial charge in [0, 0.05) is 26.6 Å². The van der Waals surface area contributed by atoms with Crippen LogP contribution in [0.25, 0.3) is 10.9 Å². The van der Waals surface area contributed by atoms with Gasteiger partial charge in [-0.25, -0.2) is 9.37 Å². The van der Waals surface area contributed by atoms with Crippen molar-refractivity contribution < 1.29 is 33.0 Å². The molecule has 40 heavy (non-hydrogen) atoms. The molecule has 2 aromatic carbocycles. The first-order valence-electron chi connectivity index (χ1n) is 12.9. The maximum absolute atomic E-state index is 14.7. The molecule has 0 radical (unpaired) electrons. The summed E-state index contributed by atoms with van der Waals surface area (Å²) in [6, 6.07) is 9.65. The number of ether oxygens (including phenoxy) is 3. The third-order valence-corrected chi connectivity index (χ3v) is 6.72. The number of benzene rings is 2. The quantitative estimate of drug-likeness (QED) is 0.365. The van der Waals surface area contributed by atoms with Crippen molar-refractivity contribution >= 4 is 28.7 Å². The van der Waals surface area contributed by atoms with Crippen LogP contribution in [0.3, 0.4) is 0 Å². The van der Waals surface area contributed by atoms with Crippen molar-refractivity contribution in [3.05, 3.63) is 64.0 Å². The number of piperidine rings is 1. The highest BCUT2D eigenvalue weighted by Crippen LogP contribution is 2.27. The fourth-order valence-electron chi connectivity index (χ4n) is 4.53. The molecule has 0 atom stereocenters. The van der Waals surface area contributed by atoms with E-state index in [1.54, 1.807) is 30.2 Å². The summed E-state index contributed by atoms with van der Waals surface area (Å²) in [5, 5.41) is 2.62. The lowest BCUT2D eigenvalue weighted by Gasteiger charge is -2.31. The largest absolute Gasteiger partial charge is 0.497 e. The van der Waals surface area contributed by atoms with Gasteiger partial charge < -0.3 is 29.4 Å². The first-order valence-corrected chi connectivity index (χ1v) is 12.9. The Balaban J connectivity index is 1.36. The topological polar surface area (TPSA) is 140 Å². The van der Waals surface area contributed by atoms with E-state index >= 15 is 0 Å². The Hall–Kier alpha value is -4.48. The summed E-state index contributed by atoms with van der Waals surface area (Å²) >= 11 is 0. The van der Waals surface area contributed by atoms with Crippen LogP contribution in [-0.2, 0) is 20.9 Å². The first-order chi connectivity index (χ1) is 19.2. The van der Waals surface area contributed by atoms with Crippen LogP contribution in [0.15, 0.2) is 41.2 Å². The Morgan fingerprint density at radius 2 is 1.95 bits per heavy atom. The molecule has 0 aliphatic carbocycles. The molecule has 0 spiro atoms. The number of carbonyl (C=O) groups is 3. The minimum atomic E-state index is -0.707. The molecule has 0 saturated carbocycles. The SMILES string of the molecule is COc1cccc(CNC(=O)c2nc3ccc(F)c(OCCC4CCN(C(=O)COC(C)=O)CC4)c3c(=O)[nH]2)c1. The molecule has 0 unspecified atom stereocenters. The van der Waals surface area contributed by atoms with Gasteiger partial charge in [0.1, 0.15) is 11.1 Å². The van der Waals surface area contributed by atoms with E-state index in [0.29, 0.717) is 25.3 Å². The lowest BCUT2D eigenvalue weighted by atomic mass is 9.94. The number of H-pyrrole nitrogens is 1. The van der Waals surface area contributed by atoms with E-state index < -0.39 is 23.3 Å². The van der Waals surface area contributed by atoms with E-state index in [9.17, 15) is 23.6 Å². The molecule has 1 fully saturated rings. The molecule has 1 saturated heterocycles. The van der Waals surface area contributed by atoms with Gasteiger partial charge in [0.15, 0.2) is 24.0 Å². The van der Waals surface area contributed by atoms with Crippen molar-refractivity contribution in [2.45, 2.75) is 32.7 Å². The highest BCUT2D eigenvalue weighted by molar-refractivity contribution is 5.93.